The highest BCUT2D eigenvalue weighted by Gasteiger charge is 2.33. The molecule has 4 rings (SSSR count). The molecule has 1 atom stereocenters. The molecule has 0 saturated carbocycles. The van der Waals surface area contributed by atoms with E-state index in [4.69, 9.17) is 0 Å². The van der Waals surface area contributed by atoms with E-state index < -0.39 is 0 Å². The number of piperidine rings is 1. The zero-order chi connectivity index (χ0) is 18.8. The average molecular weight is 364 g/mol. The number of hydrogen-bond acceptors (Lipinski definition) is 4. The molecule has 2 aliphatic heterocycles. The van der Waals surface area contributed by atoms with Crippen molar-refractivity contribution in [2.75, 3.05) is 26.2 Å². The number of nitrogens with zero attached hydrogens (tertiary/aromatic N) is 4. The van der Waals surface area contributed by atoms with Crippen LogP contribution in [0.3, 0.4) is 0 Å². The number of hydrogen-bond donors (Lipinski definition) is 1. The van der Waals surface area contributed by atoms with Gasteiger partial charge in [-0.2, -0.15) is 5.26 Å². The fourth-order valence-corrected chi connectivity index (χ4v) is 4.65. The lowest BCUT2D eigenvalue weighted by Gasteiger charge is -2.40. The maximum atomic E-state index is 9.32. The van der Waals surface area contributed by atoms with Crippen molar-refractivity contribution in [3.05, 3.63) is 53.1 Å². The molecule has 0 radical (unpaired) electrons. The highest BCUT2D eigenvalue weighted by molar-refractivity contribution is 5.39. The lowest BCUT2D eigenvalue weighted by atomic mass is 9.90. The normalized spacial score (nSPS) is 21.9. The molecule has 0 spiro atoms. The smallest absolute Gasteiger partial charge is 0.0991 e. The lowest BCUT2D eigenvalue weighted by Crippen LogP contribution is -2.44. The van der Waals surface area contributed by atoms with Crippen LogP contribution in [-0.4, -0.2) is 52.0 Å². The molecule has 1 aromatic carbocycles. The molecule has 2 aromatic rings. The Morgan fingerprint density at radius 1 is 1.26 bits per heavy atom. The number of nitriles is 1. The first kappa shape index (κ1) is 18.2. The van der Waals surface area contributed by atoms with Gasteiger partial charge < -0.3 is 9.88 Å². The van der Waals surface area contributed by atoms with E-state index in [-0.39, 0.29) is 6.04 Å². The van der Waals surface area contributed by atoms with Gasteiger partial charge in [-0.1, -0.05) is 12.1 Å². The van der Waals surface area contributed by atoms with Crippen molar-refractivity contribution < 1.29 is 0 Å². The van der Waals surface area contributed by atoms with Crippen molar-refractivity contribution >= 4 is 0 Å². The second kappa shape index (κ2) is 7.84. The van der Waals surface area contributed by atoms with Gasteiger partial charge in [-0.15, -0.1) is 0 Å². The highest BCUT2D eigenvalue weighted by atomic mass is 15.2. The first-order valence-corrected chi connectivity index (χ1v) is 10.2. The molecule has 27 heavy (non-hydrogen) atoms. The van der Waals surface area contributed by atoms with Crippen LogP contribution in [0.15, 0.2) is 30.6 Å². The summed E-state index contributed by atoms with van der Waals surface area (Å²) in [5.74, 6) is 0.738. The largest absolute Gasteiger partial charge is 0.348 e. The minimum absolute atomic E-state index is 0.149. The van der Waals surface area contributed by atoms with E-state index in [1.807, 2.05) is 24.5 Å². The Balaban J connectivity index is 1.55. The molecule has 5 nitrogen and oxygen atoms in total. The predicted octanol–water partition coefficient (Wildman–Crippen LogP) is 3.35. The van der Waals surface area contributed by atoms with Crippen LogP contribution in [-0.2, 0) is 6.42 Å². The Kier molecular flexibility index (Phi) is 5.29. The average Bonchev–Trinajstić information content (AvgIpc) is 3.17. The summed E-state index contributed by atoms with van der Waals surface area (Å²) in [6.45, 7) is 9.15. The Labute approximate surface area is 162 Å². The summed E-state index contributed by atoms with van der Waals surface area (Å²) in [7, 11) is 0. The fraction of sp³-hybridized carbons (Fsp3) is 0.545. The maximum absolute atomic E-state index is 9.32. The van der Waals surface area contributed by atoms with E-state index in [0.29, 0.717) is 6.04 Å². The molecule has 2 aliphatic rings. The Morgan fingerprint density at radius 3 is 2.81 bits per heavy atom. The lowest BCUT2D eigenvalue weighted by molar-refractivity contribution is 0.106. The van der Waals surface area contributed by atoms with Crippen molar-refractivity contribution in [2.24, 2.45) is 5.92 Å². The van der Waals surface area contributed by atoms with Crippen LogP contribution >= 0.6 is 0 Å². The number of aromatic nitrogens is 2. The van der Waals surface area contributed by atoms with E-state index >= 15 is 0 Å². The van der Waals surface area contributed by atoms with Crippen LogP contribution in [0, 0.1) is 17.2 Å². The number of benzene rings is 1. The predicted molar refractivity (Wildman–Crippen MR) is 106 cm³/mol. The molecule has 0 unspecified atom stereocenters. The van der Waals surface area contributed by atoms with Gasteiger partial charge in [0.25, 0.3) is 0 Å². The maximum Gasteiger partial charge on any atom is 0.0991 e. The van der Waals surface area contributed by atoms with E-state index in [1.54, 1.807) is 0 Å². The summed E-state index contributed by atoms with van der Waals surface area (Å²) in [6.07, 6.45) is 5.38. The van der Waals surface area contributed by atoms with Crippen LogP contribution in [0.5, 0.6) is 0 Å². The van der Waals surface area contributed by atoms with Gasteiger partial charge in [0.05, 0.1) is 29.7 Å². The third-order valence-corrected chi connectivity index (χ3v) is 6.23. The standard InChI is InChI=1S/C22H29N5/c1-16(2)26-9-6-17(7-10-26)14-27-11-8-20-21(25-15-24-20)22(27)19-5-3-4-18(12-19)13-23/h3-5,12,15-17,22H,6-11,14H2,1-2H3,(H,24,25)/t22-/m0/s1. The van der Waals surface area contributed by atoms with Gasteiger partial charge in [0, 0.05) is 31.2 Å². The van der Waals surface area contributed by atoms with Gasteiger partial charge >= 0.3 is 0 Å². The fourth-order valence-electron chi connectivity index (χ4n) is 4.65. The van der Waals surface area contributed by atoms with E-state index in [0.717, 1.165) is 36.7 Å². The van der Waals surface area contributed by atoms with Crippen molar-refractivity contribution in [2.45, 2.75) is 45.2 Å². The molecule has 5 heteroatoms. The number of aromatic amines is 1. The molecule has 1 saturated heterocycles. The number of imidazole rings is 1. The summed E-state index contributed by atoms with van der Waals surface area (Å²) >= 11 is 0. The highest BCUT2D eigenvalue weighted by Crippen LogP contribution is 2.35. The van der Waals surface area contributed by atoms with Gasteiger partial charge in [0.1, 0.15) is 0 Å². The minimum atomic E-state index is 0.149. The molecule has 0 amide bonds. The molecule has 0 aliphatic carbocycles. The molecule has 1 N–H and O–H groups in total. The molecule has 1 fully saturated rings. The number of fused-ring (bicyclic) bond motifs is 1. The van der Waals surface area contributed by atoms with Gasteiger partial charge in [0.15, 0.2) is 0 Å². The third-order valence-electron chi connectivity index (χ3n) is 6.23. The number of likely N-dealkylation sites (tertiary alicyclic amines) is 1. The first-order chi connectivity index (χ1) is 13.2. The van der Waals surface area contributed by atoms with Crippen LogP contribution in [0.2, 0.25) is 0 Å². The summed E-state index contributed by atoms with van der Waals surface area (Å²) < 4.78 is 0. The van der Waals surface area contributed by atoms with E-state index in [1.165, 1.54) is 37.2 Å². The second-order valence-electron chi connectivity index (χ2n) is 8.22. The van der Waals surface area contributed by atoms with Crippen molar-refractivity contribution in [1.82, 2.24) is 19.8 Å². The Morgan fingerprint density at radius 2 is 2.07 bits per heavy atom. The second-order valence-corrected chi connectivity index (χ2v) is 8.22. The van der Waals surface area contributed by atoms with Crippen LogP contribution in [0.25, 0.3) is 0 Å². The molecule has 142 valence electrons. The van der Waals surface area contributed by atoms with Gasteiger partial charge in [0.2, 0.25) is 0 Å². The van der Waals surface area contributed by atoms with Gasteiger partial charge in [-0.3, -0.25) is 4.90 Å². The van der Waals surface area contributed by atoms with Crippen molar-refractivity contribution in [3.63, 3.8) is 0 Å². The van der Waals surface area contributed by atoms with E-state index in [9.17, 15) is 5.26 Å². The molecular weight excluding hydrogens is 334 g/mol. The minimum Gasteiger partial charge on any atom is -0.348 e. The molecule has 3 heterocycles. The first-order valence-electron chi connectivity index (χ1n) is 10.2. The van der Waals surface area contributed by atoms with Crippen LogP contribution < -0.4 is 0 Å². The van der Waals surface area contributed by atoms with Crippen molar-refractivity contribution in [3.8, 4) is 6.07 Å². The number of rotatable bonds is 4. The summed E-state index contributed by atoms with van der Waals surface area (Å²) in [4.78, 5) is 13.2. The SMILES string of the molecule is CC(C)N1CCC(CN2CCc3[nH]cnc3[C@@H]2c2cccc(C#N)c2)CC1. The zero-order valence-corrected chi connectivity index (χ0v) is 16.4. The third kappa shape index (κ3) is 3.78. The van der Waals surface area contributed by atoms with E-state index in [2.05, 4.69) is 45.8 Å². The topological polar surface area (TPSA) is 58.9 Å². The molecular formula is C22H29N5. The Hall–Kier alpha value is -2.16. The summed E-state index contributed by atoms with van der Waals surface area (Å²) in [5, 5.41) is 9.32. The monoisotopic (exact) mass is 363 g/mol. The summed E-state index contributed by atoms with van der Waals surface area (Å²) in [6, 6.07) is 11.1. The molecule has 1 aromatic heterocycles. The molecule has 0 bridgehead atoms. The zero-order valence-electron chi connectivity index (χ0n) is 16.4. The number of H-pyrrole nitrogens is 1. The van der Waals surface area contributed by atoms with Crippen molar-refractivity contribution in [1.29, 1.82) is 5.26 Å². The van der Waals surface area contributed by atoms with Gasteiger partial charge in [-0.25, -0.2) is 4.98 Å². The summed E-state index contributed by atoms with van der Waals surface area (Å²) in [5.41, 5.74) is 4.28. The van der Waals surface area contributed by atoms with Gasteiger partial charge in [-0.05, 0) is 63.4 Å². The Bertz CT molecular complexity index is 810. The van der Waals surface area contributed by atoms with Crippen LogP contribution in [0.4, 0.5) is 0 Å². The quantitative estimate of drug-likeness (QED) is 0.905. The van der Waals surface area contributed by atoms with Crippen LogP contribution in [0.1, 0.15) is 55.2 Å². The number of nitrogens with one attached hydrogen (secondary N) is 1.